The van der Waals surface area contributed by atoms with Gasteiger partial charge in [0.05, 0.1) is 6.42 Å². The second kappa shape index (κ2) is 3.82. The molecule has 0 atom stereocenters. The molecule has 1 aromatic carbocycles. The molecule has 0 bridgehead atoms. The Hall–Kier alpha value is -1.68. The van der Waals surface area contributed by atoms with Gasteiger partial charge in [0.2, 0.25) is 5.91 Å². The van der Waals surface area contributed by atoms with E-state index in [1.54, 1.807) is 36.5 Å². The third kappa shape index (κ3) is 2.05. The number of anilines is 1. The van der Waals surface area contributed by atoms with Gasteiger partial charge in [-0.3, -0.25) is 9.69 Å². The number of amides is 1. The van der Waals surface area contributed by atoms with Crippen LogP contribution in [-0.4, -0.2) is 15.9 Å². The van der Waals surface area contributed by atoms with E-state index in [0.717, 1.165) is 5.69 Å². The summed E-state index contributed by atoms with van der Waals surface area (Å²) >= 11 is 4.93. The molecule has 0 unspecified atom stereocenters. The minimum absolute atomic E-state index is 0.0480. The Bertz CT molecular complexity index is 436. The molecule has 2 rings (SSSR count). The van der Waals surface area contributed by atoms with Crippen molar-refractivity contribution in [3.05, 3.63) is 36.5 Å². The van der Waals surface area contributed by atoms with E-state index in [1.165, 1.54) is 4.90 Å². The summed E-state index contributed by atoms with van der Waals surface area (Å²) in [5.74, 6) is 0.135. The zero-order valence-corrected chi connectivity index (χ0v) is 8.70. The standard InChI is InChI=1S/C11H9NO2S/c13-9-3-1-8(2-4-9)12-6-5-10(15)7-11(12)14/h1-6,13H,7H2. The zero-order chi connectivity index (χ0) is 10.8. The molecule has 4 heteroatoms. The van der Waals surface area contributed by atoms with Crippen LogP contribution in [0.3, 0.4) is 0 Å². The summed E-state index contributed by atoms with van der Waals surface area (Å²) in [5, 5.41) is 9.12. The summed E-state index contributed by atoms with van der Waals surface area (Å²) in [6, 6.07) is 6.46. The van der Waals surface area contributed by atoms with E-state index in [2.05, 4.69) is 0 Å². The van der Waals surface area contributed by atoms with Crippen molar-refractivity contribution in [1.29, 1.82) is 0 Å². The lowest BCUT2D eigenvalue weighted by Gasteiger charge is -2.21. The highest BCUT2D eigenvalue weighted by Gasteiger charge is 2.18. The quantitative estimate of drug-likeness (QED) is 0.734. The van der Waals surface area contributed by atoms with Gasteiger partial charge in [-0.15, -0.1) is 0 Å². The number of allylic oxidation sites excluding steroid dienone is 1. The van der Waals surface area contributed by atoms with Crippen LogP contribution in [0.2, 0.25) is 0 Å². The van der Waals surface area contributed by atoms with E-state index in [1.807, 2.05) is 0 Å². The number of phenolic OH excluding ortho intramolecular Hbond substituents is 1. The summed E-state index contributed by atoms with van der Waals surface area (Å²) in [7, 11) is 0. The fourth-order valence-corrected chi connectivity index (χ4v) is 1.56. The first-order valence-electron chi connectivity index (χ1n) is 4.49. The number of benzene rings is 1. The predicted molar refractivity (Wildman–Crippen MR) is 61.9 cm³/mol. The van der Waals surface area contributed by atoms with Crippen LogP contribution in [0, 0.1) is 0 Å². The summed E-state index contributed by atoms with van der Waals surface area (Å²) in [6.45, 7) is 0. The van der Waals surface area contributed by atoms with Crippen molar-refractivity contribution in [2.75, 3.05) is 4.90 Å². The van der Waals surface area contributed by atoms with E-state index in [-0.39, 0.29) is 18.1 Å². The smallest absolute Gasteiger partial charge is 0.236 e. The molecule has 1 amide bonds. The van der Waals surface area contributed by atoms with Crippen molar-refractivity contribution in [3.63, 3.8) is 0 Å². The summed E-state index contributed by atoms with van der Waals surface area (Å²) < 4.78 is 0. The summed E-state index contributed by atoms with van der Waals surface area (Å²) in [4.78, 5) is 13.8. The van der Waals surface area contributed by atoms with Crippen LogP contribution in [0.5, 0.6) is 5.75 Å². The lowest BCUT2D eigenvalue weighted by molar-refractivity contribution is -0.116. The van der Waals surface area contributed by atoms with E-state index in [9.17, 15) is 4.79 Å². The first kappa shape index (κ1) is 9.86. The lowest BCUT2D eigenvalue weighted by atomic mass is 10.2. The first-order valence-corrected chi connectivity index (χ1v) is 4.90. The fraction of sp³-hybridized carbons (Fsp3) is 0.0909. The molecular weight excluding hydrogens is 210 g/mol. The molecule has 0 radical (unpaired) electrons. The molecule has 3 nitrogen and oxygen atoms in total. The third-order valence-corrected chi connectivity index (χ3v) is 2.41. The normalized spacial score (nSPS) is 15.9. The number of thiocarbonyl (C=S) groups is 1. The molecule has 1 aliphatic heterocycles. The van der Waals surface area contributed by atoms with Gasteiger partial charge in [0, 0.05) is 16.8 Å². The molecule has 0 aliphatic carbocycles. The van der Waals surface area contributed by atoms with E-state index in [0.29, 0.717) is 4.86 Å². The maximum absolute atomic E-state index is 11.6. The molecule has 1 aromatic rings. The van der Waals surface area contributed by atoms with Crippen molar-refractivity contribution >= 4 is 28.7 Å². The van der Waals surface area contributed by atoms with Crippen molar-refractivity contribution in [2.45, 2.75) is 6.42 Å². The van der Waals surface area contributed by atoms with Gasteiger partial charge in [0.25, 0.3) is 0 Å². The van der Waals surface area contributed by atoms with Gasteiger partial charge in [-0.05, 0) is 30.3 Å². The molecule has 1 N–H and O–H groups in total. The lowest BCUT2D eigenvalue weighted by Crippen LogP contribution is -2.30. The Balaban J connectivity index is 2.31. The van der Waals surface area contributed by atoms with Gasteiger partial charge >= 0.3 is 0 Å². The molecule has 1 heterocycles. The Morgan fingerprint density at radius 2 is 1.93 bits per heavy atom. The van der Waals surface area contributed by atoms with Crippen molar-refractivity contribution < 1.29 is 9.90 Å². The average molecular weight is 219 g/mol. The van der Waals surface area contributed by atoms with E-state index >= 15 is 0 Å². The van der Waals surface area contributed by atoms with Crippen LogP contribution in [0.4, 0.5) is 5.69 Å². The number of hydrogen-bond acceptors (Lipinski definition) is 3. The highest BCUT2D eigenvalue weighted by Crippen LogP contribution is 2.21. The van der Waals surface area contributed by atoms with Crippen molar-refractivity contribution in [2.24, 2.45) is 0 Å². The highest BCUT2D eigenvalue weighted by atomic mass is 32.1. The van der Waals surface area contributed by atoms with Gasteiger partial charge in [-0.25, -0.2) is 0 Å². The minimum atomic E-state index is -0.0480. The second-order valence-electron chi connectivity index (χ2n) is 3.24. The van der Waals surface area contributed by atoms with Crippen LogP contribution < -0.4 is 4.90 Å². The Morgan fingerprint density at radius 1 is 1.27 bits per heavy atom. The molecule has 0 saturated carbocycles. The number of carbonyl (C=O) groups excluding carboxylic acids is 1. The van der Waals surface area contributed by atoms with Crippen LogP contribution in [-0.2, 0) is 4.79 Å². The SMILES string of the molecule is O=C1CC(=S)C=CN1c1ccc(O)cc1. The fourth-order valence-electron chi connectivity index (χ4n) is 1.38. The molecule has 76 valence electrons. The van der Waals surface area contributed by atoms with Crippen molar-refractivity contribution in [3.8, 4) is 5.75 Å². The van der Waals surface area contributed by atoms with Gasteiger partial charge in [0.15, 0.2) is 0 Å². The Morgan fingerprint density at radius 3 is 2.53 bits per heavy atom. The number of hydrogen-bond donors (Lipinski definition) is 1. The summed E-state index contributed by atoms with van der Waals surface area (Å²) in [5.41, 5.74) is 0.733. The first-order chi connectivity index (χ1) is 7.16. The average Bonchev–Trinajstić information content (AvgIpc) is 2.20. The molecule has 0 spiro atoms. The molecule has 1 aliphatic rings. The van der Waals surface area contributed by atoms with Crippen LogP contribution in [0.1, 0.15) is 6.42 Å². The number of rotatable bonds is 1. The van der Waals surface area contributed by atoms with Gasteiger partial charge < -0.3 is 5.11 Å². The number of phenols is 1. The predicted octanol–water partition coefficient (Wildman–Crippen LogP) is 2.01. The topological polar surface area (TPSA) is 40.5 Å². The maximum atomic E-state index is 11.6. The van der Waals surface area contributed by atoms with Crippen LogP contribution in [0.15, 0.2) is 36.5 Å². The third-order valence-electron chi connectivity index (χ3n) is 2.13. The second-order valence-corrected chi connectivity index (χ2v) is 3.76. The van der Waals surface area contributed by atoms with Crippen LogP contribution in [0.25, 0.3) is 0 Å². The number of aromatic hydroxyl groups is 1. The van der Waals surface area contributed by atoms with E-state index in [4.69, 9.17) is 17.3 Å². The maximum Gasteiger partial charge on any atom is 0.236 e. The van der Waals surface area contributed by atoms with E-state index < -0.39 is 0 Å². The monoisotopic (exact) mass is 219 g/mol. The Kier molecular flexibility index (Phi) is 2.51. The van der Waals surface area contributed by atoms with Crippen LogP contribution >= 0.6 is 12.2 Å². The Labute approximate surface area is 92.6 Å². The highest BCUT2D eigenvalue weighted by molar-refractivity contribution is 7.80. The number of carbonyl (C=O) groups is 1. The van der Waals surface area contributed by atoms with Gasteiger partial charge in [-0.1, -0.05) is 12.2 Å². The molecular formula is C11H9NO2S. The summed E-state index contributed by atoms with van der Waals surface area (Å²) in [6.07, 6.45) is 3.66. The molecule has 15 heavy (non-hydrogen) atoms. The zero-order valence-electron chi connectivity index (χ0n) is 7.88. The molecule has 0 aromatic heterocycles. The van der Waals surface area contributed by atoms with Crippen molar-refractivity contribution in [1.82, 2.24) is 0 Å². The largest absolute Gasteiger partial charge is 0.508 e. The number of nitrogens with zero attached hydrogens (tertiary/aromatic N) is 1. The molecule has 0 saturated heterocycles. The van der Waals surface area contributed by atoms with Gasteiger partial charge in [-0.2, -0.15) is 0 Å². The molecule has 0 fully saturated rings. The van der Waals surface area contributed by atoms with Gasteiger partial charge in [0.1, 0.15) is 5.75 Å². The minimum Gasteiger partial charge on any atom is -0.508 e.